The maximum atomic E-state index is 12.8. The summed E-state index contributed by atoms with van der Waals surface area (Å²) in [4.78, 5) is 27.7. The fraction of sp³-hybridized carbons (Fsp3) is 0.556. The first-order chi connectivity index (χ1) is 12.0. The third-order valence-electron chi connectivity index (χ3n) is 5.00. The van der Waals surface area contributed by atoms with Crippen molar-refractivity contribution >= 4 is 11.9 Å². The van der Waals surface area contributed by atoms with Crippen LogP contribution in [0, 0.1) is 0 Å². The molecule has 25 heavy (non-hydrogen) atoms. The van der Waals surface area contributed by atoms with Crippen LogP contribution in [0.25, 0.3) is 0 Å². The summed E-state index contributed by atoms with van der Waals surface area (Å²) in [7, 11) is 1.63. The van der Waals surface area contributed by atoms with Crippen LogP contribution < -0.4 is 15.0 Å². The van der Waals surface area contributed by atoms with Crippen molar-refractivity contribution in [3.05, 3.63) is 29.8 Å². The lowest BCUT2D eigenvalue weighted by molar-refractivity contribution is -0.915. The van der Waals surface area contributed by atoms with Crippen LogP contribution in [0.15, 0.2) is 24.3 Å². The monoisotopic (exact) mass is 348 g/mol. The van der Waals surface area contributed by atoms with Gasteiger partial charge in [-0.2, -0.15) is 0 Å². The average Bonchev–Trinajstić information content (AvgIpc) is 2.85. The standard InChI is InChI=1S/C18H25N3O4/c1-18(8-7-14-3-5-15(24-2)6-4-14)16(22)21(17(23)19-18)13-20-9-11-25-12-10-20/h3-6H,7-13H2,1-2H3,(H,19,23)/p+1/t18-/m1/s1. The fourth-order valence-corrected chi connectivity index (χ4v) is 3.29. The molecule has 1 aromatic rings. The number of ether oxygens (including phenoxy) is 2. The molecule has 0 saturated carbocycles. The molecule has 3 amide bonds. The molecule has 7 nitrogen and oxygen atoms in total. The normalized spacial score (nSPS) is 24.5. The molecule has 2 fully saturated rings. The lowest BCUT2D eigenvalue weighted by Gasteiger charge is -2.27. The third kappa shape index (κ3) is 3.93. The van der Waals surface area contributed by atoms with Crippen LogP contribution in [-0.4, -0.2) is 62.5 Å². The van der Waals surface area contributed by atoms with Gasteiger partial charge in [-0.05, 0) is 37.5 Å². The zero-order valence-corrected chi connectivity index (χ0v) is 14.8. The molecule has 0 spiro atoms. The number of carbonyl (C=O) groups excluding carboxylic acids is 2. The Hall–Kier alpha value is -2.12. The van der Waals surface area contributed by atoms with Crippen molar-refractivity contribution in [1.82, 2.24) is 10.2 Å². The number of hydrogen-bond donors (Lipinski definition) is 2. The molecule has 1 aromatic carbocycles. The van der Waals surface area contributed by atoms with Crippen LogP contribution in [0.4, 0.5) is 4.79 Å². The number of urea groups is 1. The van der Waals surface area contributed by atoms with E-state index in [0.29, 0.717) is 32.7 Å². The van der Waals surface area contributed by atoms with E-state index in [1.165, 1.54) is 9.80 Å². The van der Waals surface area contributed by atoms with Crippen molar-refractivity contribution in [3.63, 3.8) is 0 Å². The number of carbonyl (C=O) groups is 2. The second-order valence-corrected chi connectivity index (χ2v) is 6.86. The third-order valence-corrected chi connectivity index (χ3v) is 5.00. The first-order valence-electron chi connectivity index (χ1n) is 8.70. The summed E-state index contributed by atoms with van der Waals surface area (Å²) in [5.74, 6) is 0.671. The van der Waals surface area contributed by atoms with Gasteiger partial charge in [-0.15, -0.1) is 0 Å². The minimum atomic E-state index is -0.845. The highest BCUT2D eigenvalue weighted by Crippen LogP contribution is 2.23. The number of morpholine rings is 1. The Morgan fingerprint density at radius 3 is 2.56 bits per heavy atom. The molecular weight excluding hydrogens is 322 g/mol. The van der Waals surface area contributed by atoms with Crippen LogP contribution >= 0.6 is 0 Å². The molecule has 0 radical (unpaired) electrons. The van der Waals surface area contributed by atoms with E-state index in [-0.39, 0.29) is 11.9 Å². The summed E-state index contributed by atoms with van der Waals surface area (Å²) in [5.41, 5.74) is 0.268. The van der Waals surface area contributed by atoms with Crippen LogP contribution in [0.2, 0.25) is 0 Å². The second-order valence-electron chi connectivity index (χ2n) is 6.86. The van der Waals surface area contributed by atoms with Gasteiger partial charge in [0.2, 0.25) is 0 Å². The topological polar surface area (TPSA) is 72.3 Å². The zero-order chi connectivity index (χ0) is 17.9. The molecule has 2 heterocycles. The average molecular weight is 348 g/mol. The van der Waals surface area contributed by atoms with E-state index < -0.39 is 5.54 Å². The first kappa shape index (κ1) is 17.7. The fourth-order valence-electron chi connectivity index (χ4n) is 3.29. The van der Waals surface area contributed by atoms with Crippen molar-refractivity contribution in [2.45, 2.75) is 25.3 Å². The van der Waals surface area contributed by atoms with E-state index in [1.807, 2.05) is 31.2 Å². The largest absolute Gasteiger partial charge is 0.497 e. The van der Waals surface area contributed by atoms with E-state index in [2.05, 4.69) is 5.32 Å². The Morgan fingerprint density at radius 1 is 1.24 bits per heavy atom. The number of methoxy groups -OCH3 is 1. The molecule has 2 aliphatic rings. The minimum Gasteiger partial charge on any atom is -0.497 e. The molecule has 3 rings (SSSR count). The number of nitrogens with one attached hydrogen (secondary N) is 2. The number of aryl methyl sites for hydroxylation is 1. The number of imide groups is 1. The molecule has 7 heteroatoms. The van der Waals surface area contributed by atoms with Crippen molar-refractivity contribution in [1.29, 1.82) is 0 Å². The molecule has 0 bridgehead atoms. The summed E-state index contributed by atoms with van der Waals surface area (Å²) in [6.07, 6.45) is 1.28. The van der Waals surface area contributed by atoms with Crippen LogP contribution in [0.5, 0.6) is 5.75 Å². The lowest BCUT2D eigenvalue weighted by atomic mass is 9.93. The predicted octanol–water partition coefficient (Wildman–Crippen LogP) is -0.189. The van der Waals surface area contributed by atoms with E-state index in [0.717, 1.165) is 24.4 Å². The van der Waals surface area contributed by atoms with Crippen molar-refractivity contribution in [3.8, 4) is 5.75 Å². The van der Waals surface area contributed by atoms with Gasteiger partial charge in [0.05, 0.1) is 20.3 Å². The van der Waals surface area contributed by atoms with Gasteiger partial charge in [0.15, 0.2) is 6.67 Å². The molecule has 0 unspecified atom stereocenters. The number of quaternary nitrogens is 1. The van der Waals surface area contributed by atoms with Gasteiger partial charge < -0.3 is 19.7 Å². The Kier molecular flexibility index (Phi) is 5.24. The van der Waals surface area contributed by atoms with Crippen LogP contribution in [-0.2, 0) is 16.0 Å². The summed E-state index contributed by atoms with van der Waals surface area (Å²) in [6, 6.07) is 7.49. The van der Waals surface area contributed by atoms with Gasteiger partial charge in [0, 0.05) is 0 Å². The van der Waals surface area contributed by atoms with E-state index in [1.54, 1.807) is 7.11 Å². The Bertz CT molecular complexity index is 628. The first-order valence-corrected chi connectivity index (χ1v) is 8.70. The van der Waals surface area contributed by atoms with Crippen LogP contribution in [0.1, 0.15) is 18.9 Å². The van der Waals surface area contributed by atoms with Gasteiger partial charge >= 0.3 is 6.03 Å². The number of amides is 3. The van der Waals surface area contributed by atoms with Crippen LogP contribution in [0.3, 0.4) is 0 Å². The van der Waals surface area contributed by atoms with E-state index in [4.69, 9.17) is 9.47 Å². The highest BCUT2D eigenvalue weighted by Gasteiger charge is 2.48. The Balaban J connectivity index is 1.60. The predicted molar refractivity (Wildman–Crippen MR) is 91.5 cm³/mol. The molecule has 2 N–H and O–H groups in total. The van der Waals surface area contributed by atoms with Gasteiger partial charge in [-0.25, -0.2) is 9.69 Å². The lowest BCUT2D eigenvalue weighted by Crippen LogP contribution is -3.15. The molecule has 136 valence electrons. The van der Waals surface area contributed by atoms with Gasteiger partial charge in [0.1, 0.15) is 24.4 Å². The maximum Gasteiger partial charge on any atom is 0.329 e. The molecule has 1 atom stereocenters. The molecule has 0 aliphatic carbocycles. The second kappa shape index (κ2) is 7.41. The highest BCUT2D eigenvalue weighted by molar-refractivity contribution is 6.06. The van der Waals surface area contributed by atoms with Crippen molar-refractivity contribution < 1.29 is 24.0 Å². The summed E-state index contributed by atoms with van der Waals surface area (Å²) in [5, 5.41) is 2.88. The van der Waals surface area contributed by atoms with E-state index in [9.17, 15) is 9.59 Å². The quantitative estimate of drug-likeness (QED) is 0.699. The minimum absolute atomic E-state index is 0.134. The number of nitrogens with zero attached hydrogens (tertiary/aromatic N) is 1. The highest BCUT2D eigenvalue weighted by atomic mass is 16.5. The van der Waals surface area contributed by atoms with E-state index >= 15 is 0 Å². The van der Waals surface area contributed by atoms with Gasteiger partial charge in [-0.1, -0.05) is 12.1 Å². The SMILES string of the molecule is COc1ccc(CC[C@@]2(C)NC(=O)N(C[NH+]3CCOCC3)C2=O)cc1. The molecular formula is C18H26N3O4+. The van der Waals surface area contributed by atoms with Crippen molar-refractivity contribution in [2.75, 3.05) is 40.1 Å². The Labute approximate surface area is 147 Å². The summed E-state index contributed by atoms with van der Waals surface area (Å²) in [6.45, 7) is 5.21. The smallest absolute Gasteiger partial charge is 0.329 e. The number of hydrogen-bond acceptors (Lipinski definition) is 4. The van der Waals surface area contributed by atoms with Gasteiger partial charge in [-0.3, -0.25) is 4.79 Å². The molecule has 2 aliphatic heterocycles. The number of rotatable bonds is 6. The summed E-state index contributed by atoms with van der Waals surface area (Å²) >= 11 is 0. The molecule has 2 saturated heterocycles. The summed E-state index contributed by atoms with van der Waals surface area (Å²) < 4.78 is 10.5. The zero-order valence-electron chi connectivity index (χ0n) is 14.8. The van der Waals surface area contributed by atoms with Crippen molar-refractivity contribution in [2.24, 2.45) is 0 Å². The number of benzene rings is 1. The maximum absolute atomic E-state index is 12.8. The Morgan fingerprint density at radius 2 is 1.92 bits per heavy atom. The molecule has 0 aromatic heterocycles. The van der Waals surface area contributed by atoms with Gasteiger partial charge in [0.25, 0.3) is 5.91 Å².